The van der Waals surface area contributed by atoms with Crippen molar-refractivity contribution in [2.45, 2.75) is 105 Å². The summed E-state index contributed by atoms with van der Waals surface area (Å²) in [5, 5.41) is 9.52. The van der Waals surface area contributed by atoms with Crippen LogP contribution in [0.2, 0.25) is 0 Å². The highest BCUT2D eigenvalue weighted by molar-refractivity contribution is 5.89. The van der Waals surface area contributed by atoms with Crippen LogP contribution in [0.4, 0.5) is 13.2 Å². The Morgan fingerprint density at radius 2 is 1.66 bits per heavy atom. The summed E-state index contributed by atoms with van der Waals surface area (Å²) in [5.41, 5.74) is -2.03. The van der Waals surface area contributed by atoms with E-state index in [1.54, 1.807) is 6.08 Å². The van der Waals surface area contributed by atoms with Crippen LogP contribution in [-0.2, 0) is 9.59 Å². The molecule has 1 N–H and O–H groups in total. The van der Waals surface area contributed by atoms with Crippen LogP contribution in [0.15, 0.2) is 22.8 Å². The van der Waals surface area contributed by atoms with E-state index >= 15 is 0 Å². The molecule has 0 aromatic carbocycles. The van der Waals surface area contributed by atoms with Gasteiger partial charge in [0.25, 0.3) is 0 Å². The summed E-state index contributed by atoms with van der Waals surface area (Å²) in [7, 11) is 0. The first-order valence-electron chi connectivity index (χ1n) is 13.2. The molecule has 2 fully saturated rings. The molecule has 1 amide bonds. The monoisotopic (exact) mass is 495 g/mol. The number of amides is 1. The zero-order valence-corrected chi connectivity index (χ0v) is 21.8. The molecular weight excluding hydrogens is 455 g/mol. The SMILES string of the molecule is CC(C)N(C(=O)[C@H]1CC[C@H]2[C@@H]3CC=C4C(C(F)(F)F)=C(C(=O)O)CC[C@]4(C)[C@H]3CC[C@]12C)C(C)C. The Bertz CT molecular complexity index is 957. The molecule has 0 radical (unpaired) electrons. The van der Waals surface area contributed by atoms with Gasteiger partial charge in [-0.2, -0.15) is 13.2 Å². The molecule has 4 nitrogen and oxygen atoms in total. The Labute approximate surface area is 207 Å². The van der Waals surface area contributed by atoms with Gasteiger partial charge >= 0.3 is 12.1 Å². The summed E-state index contributed by atoms with van der Waals surface area (Å²) >= 11 is 0. The molecule has 4 aliphatic carbocycles. The maximum absolute atomic E-state index is 14.1. The molecule has 0 bridgehead atoms. The molecule has 0 aromatic rings. The average Bonchev–Trinajstić information content (AvgIpc) is 3.08. The summed E-state index contributed by atoms with van der Waals surface area (Å²) in [6, 6.07) is 0.248. The first-order chi connectivity index (χ1) is 16.1. The third-order valence-electron chi connectivity index (χ3n) is 10.1. The predicted molar refractivity (Wildman–Crippen MR) is 128 cm³/mol. The van der Waals surface area contributed by atoms with Gasteiger partial charge in [0, 0.05) is 23.6 Å². The van der Waals surface area contributed by atoms with Crippen LogP contribution < -0.4 is 0 Å². The van der Waals surface area contributed by atoms with E-state index in [4.69, 9.17) is 0 Å². The smallest absolute Gasteiger partial charge is 0.417 e. The number of alkyl halides is 3. The van der Waals surface area contributed by atoms with Crippen LogP contribution in [0.3, 0.4) is 0 Å². The quantitative estimate of drug-likeness (QED) is 0.469. The van der Waals surface area contributed by atoms with Crippen LogP contribution in [0, 0.1) is 34.5 Å². The van der Waals surface area contributed by atoms with Crippen molar-refractivity contribution >= 4 is 11.9 Å². The maximum atomic E-state index is 14.1. The molecule has 4 rings (SSSR count). The van der Waals surface area contributed by atoms with Crippen molar-refractivity contribution in [3.8, 4) is 0 Å². The largest absolute Gasteiger partial charge is 0.478 e. The number of hydrogen-bond donors (Lipinski definition) is 1. The minimum absolute atomic E-state index is 0.0490. The number of halogens is 3. The number of rotatable bonds is 4. The van der Waals surface area contributed by atoms with Crippen molar-refractivity contribution in [2.75, 3.05) is 0 Å². The lowest BCUT2D eigenvalue weighted by Gasteiger charge is -2.57. The Kier molecular flexibility index (Phi) is 6.50. The molecule has 0 aliphatic heterocycles. The number of carboxylic acids is 1. The first kappa shape index (κ1) is 26.3. The van der Waals surface area contributed by atoms with Gasteiger partial charge in [-0.25, -0.2) is 4.79 Å². The fourth-order valence-electron chi connectivity index (χ4n) is 8.70. The summed E-state index contributed by atoms with van der Waals surface area (Å²) in [6.45, 7) is 12.4. The van der Waals surface area contributed by atoms with E-state index in [1.807, 2.05) is 11.8 Å². The lowest BCUT2D eigenvalue weighted by Crippen LogP contribution is -2.53. The van der Waals surface area contributed by atoms with E-state index in [0.717, 1.165) is 25.7 Å². The molecule has 0 spiro atoms. The van der Waals surface area contributed by atoms with Gasteiger partial charge in [0.15, 0.2) is 0 Å². The topological polar surface area (TPSA) is 57.6 Å². The van der Waals surface area contributed by atoms with Gasteiger partial charge in [0.1, 0.15) is 0 Å². The van der Waals surface area contributed by atoms with Gasteiger partial charge in [0.2, 0.25) is 5.91 Å². The summed E-state index contributed by atoms with van der Waals surface area (Å²) in [6.07, 6.45) is 1.32. The summed E-state index contributed by atoms with van der Waals surface area (Å²) in [5.74, 6) is -0.684. The van der Waals surface area contributed by atoms with Crippen molar-refractivity contribution in [3.05, 3.63) is 22.8 Å². The van der Waals surface area contributed by atoms with Crippen molar-refractivity contribution in [3.63, 3.8) is 0 Å². The average molecular weight is 496 g/mol. The summed E-state index contributed by atoms with van der Waals surface area (Å²) < 4.78 is 42.4. The van der Waals surface area contributed by atoms with Gasteiger partial charge in [-0.3, -0.25) is 4.79 Å². The number of fused-ring (bicyclic) bond motifs is 5. The standard InChI is InChI=1S/C28H40F3NO3/c1-15(2)32(16(3)4)24(33)22-10-9-19-17-7-8-21-23(28(29,30)31)18(25(34)35)11-13-26(21,5)20(17)12-14-27(19,22)6/h8,15-17,19-20,22H,7,9-14H2,1-6H3,(H,34,35)/t17-,19-,20-,22+,26+,27-/m0/s1. The van der Waals surface area contributed by atoms with Crippen molar-refractivity contribution < 1.29 is 27.9 Å². The third-order valence-corrected chi connectivity index (χ3v) is 10.1. The van der Waals surface area contributed by atoms with Gasteiger partial charge in [-0.05, 0) is 107 Å². The normalized spacial score (nSPS) is 37.1. The van der Waals surface area contributed by atoms with Crippen LogP contribution >= 0.6 is 0 Å². The Hall–Kier alpha value is -1.79. The number of carbonyl (C=O) groups is 2. The van der Waals surface area contributed by atoms with Gasteiger partial charge in [-0.1, -0.05) is 19.9 Å². The van der Waals surface area contributed by atoms with Crippen LogP contribution in [-0.4, -0.2) is 40.1 Å². The highest BCUT2D eigenvalue weighted by Crippen LogP contribution is 2.67. The molecule has 0 saturated heterocycles. The van der Waals surface area contributed by atoms with Gasteiger partial charge in [0.05, 0.1) is 5.57 Å². The highest BCUT2D eigenvalue weighted by atomic mass is 19.4. The molecule has 6 atom stereocenters. The number of carbonyl (C=O) groups excluding carboxylic acids is 1. The first-order valence-corrected chi connectivity index (χ1v) is 13.2. The van der Waals surface area contributed by atoms with Crippen LogP contribution in [0.25, 0.3) is 0 Å². The second kappa shape index (κ2) is 8.65. The van der Waals surface area contributed by atoms with E-state index in [0.29, 0.717) is 18.8 Å². The lowest BCUT2D eigenvalue weighted by molar-refractivity contribution is -0.146. The van der Waals surface area contributed by atoms with Crippen LogP contribution in [0.5, 0.6) is 0 Å². The van der Waals surface area contributed by atoms with E-state index in [2.05, 4.69) is 34.6 Å². The zero-order chi connectivity index (χ0) is 26.1. The second-order valence-electron chi connectivity index (χ2n) is 12.4. The van der Waals surface area contributed by atoms with E-state index in [-0.39, 0.29) is 53.2 Å². The molecule has 2 saturated carbocycles. The predicted octanol–water partition coefficient (Wildman–Crippen LogP) is 6.76. The maximum Gasteiger partial charge on any atom is 0.417 e. The van der Waals surface area contributed by atoms with Gasteiger partial charge < -0.3 is 10.0 Å². The van der Waals surface area contributed by atoms with Crippen molar-refractivity contribution in [1.82, 2.24) is 4.90 Å². The minimum Gasteiger partial charge on any atom is -0.478 e. The number of carboxylic acid groups (broad SMARTS) is 1. The molecular formula is C28H40F3NO3. The number of nitrogens with zero attached hydrogens (tertiary/aromatic N) is 1. The fourth-order valence-corrected chi connectivity index (χ4v) is 8.70. The molecule has 0 heterocycles. The second-order valence-corrected chi connectivity index (χ2v) is 12.4. The van der Waals surface area contributed by atoms with Crippen LogP contribution in [0.1, 0.15) is 86.5 Å². The minimum atomic E-state index is -4.68. The van der Waals surface area contributed by atoms with E-state index in [9.17, 15) is 27.9 Å². The number of allylic oxidation sites excluding steroid dienone is 3. The van der Waals surface area contributed by atoms with E-state index in [1.165, 1.54) is 0 Å². The van der Waals surface area contributed by atoms with E-state index < -0.39 is 28.7 Å². The zero-order valence-electron chi connectivity index (χ0n) is 21.8. The van der Waals surface area contributed by atoms with Crippen molar-refractivity contribution in [2.24, 2.45) is 34.5 Å². The Morgan fingerprint density at radius 3 is 2.20 bits per heavy atom. The Balaban J connectivity index is 1.69. The molecule has 35 heavy (non-hydrogen) atoms. The molecule has 196 valence electrons. The molecule has 7 heteroatoms. The highest BCUT2D eigenvalue weighted by Gasteiger charge is 2.62. The lowest BCUT2D eigenvalue weighted by atomic mass is 9.47. The molecule has 0 unspecified atom stereocenters. The molecule has 0 aromatic heterocycles. The molecule has 4 aliphatic rings. The fraction of sp³-hybridized carbons (Fsp3) is 0.786. The third kappa shape index (κ3) is 3.96. The number of aliphatic carboxylic acids is 1. The number of hydrogen-bond acceptors (Lipinski definition) is 2. The summed E-state index contributed by atoms with van der Waals surface area (Å²) in [4.78, 5) is 27.4. The Morgan fingerprint density at radius 1 is 1.03 bits per heavy atom. The van der Waals surface area contributed by atoms with Gasteiger partial charge in [-0.15, -0.1) is 0 Å². The van der Waals surface area contributed by atoms with Crippen molar-refractivity contribution in [1.29, 1.82) is 0 Å².